The zero-order chi connectivity index (χ0) is 26.5. The van der Waals surface area contributed by atoms with E-state index >= 15 is 0 Å². The molecule has 0 atom stereocenters. The highest BCUT2D eigenvalue weighted by Gasteiger charge is 2.39. The maximum atomic E-state index is 14.9. The van der Waals surface area contributed by atoms with Gasteiger partial charge >= 0.3 is 6.18 Å². The summed E-state index contributed by atoms with van der Waals surface area (Å²) in [6.07, 6.45) is -5.17. The van der Waals surface area contributed by atoms with Crippen molar-refractivity contribution in [1.29, 1.82) is 0 Å². The van der Waals surface area contributed by atoms with E-state index in [1.165, 1.54) is 0 Å². The highest BCUT2D eigenvalue weighted by atomic mass is 19.4. The fourth-order valence-electron chi connectivity index (χ4n) is 3.88. The number of nitrogens with zero attached hydrogens (tertiary/aromatic N) is 2. The van der Waals surface area contributed by atoms with E-state index in [-0.39, 0.29) is 22.6 Å². The Labute approximate surface area is 201 Å². The first kappa shape index (κ1) is 25.1. The molecule has 2 aromatic carbocycles. The molecule has 0 aliphatic carbocycles. The average molecular weight is 507 g/mol. The Kier molecular flexibility index (Phi) is 6.19. The monoisotopic (exact) mass is 507 g/mol. The summed E-state index contributed by atoms with van der Waals surface area (Å²) < 4.78 is 88.7. The molecule has 1 N–H and O–H groups in total. The van der Waals surface area contributed by atoms with E-state index in [1.807, 2.05) is 0 Å². The summed E-state index contributed by atoms with van der Waals surface area (Å²) in [5.74, 6) is -5.18. The molecule has 0 aliphatic heterocycles. The molecular formula is C25H19F6N3O2. The molecule has 2 aromatic heterocycles. The number of hydrogen-bond acceptors (Lipinski definition) is 4. The van der Waals surface area contributed by atoms with E-state index in [2.05, 4.69) is 9.97 Å². The van der Waals surface area contributed by atoms with Crippen LogP contribution in [-0.2, 0) is 6.18 Å². The maximum Gasteiger partial charge on any atom is 0.436 e. The van der Waals surface area contributed by atoms with Crippen LogP contribution in [0.15, 0.2) is 41.2 Å². The highest BCUT2D eigenvalue weighted by molar-refractivity contribution is 5.93. The van der Waals surface area contributed by atoms with E-state index in [0.29, 0.717) is 16.6 Å². The Balaban J connectivity index is 2.03. The molecule has 0 amide bonds. The molecule has 5 nitrogen and oxygen atoms in total. The van der Waals surface area contributed by atoms with E-state index in [1.54, 1.807) is 37.2 Å². The van der Waals surface area contributed by atoms with Crippen LogP contribution in [-0.4, -0.2) is 24.1 Å². The molecule has 11 heteroatoms. The van der Waals surface area contributed by atoms with Crippen molar-refractivity contribution in [2.24, 2.45) is 0 Å². The second kappa shape index (κ2) is 8.89. The third-order valence-electron chi connectivity index (χ3n) is 5.69. The number of halogens is 6. The van der Waals surface area contributed by atoms with Crippen LogP contribution in [0.1, 0.15) is 16.8 Å². The normalized spacial score (nSPS) is 11.7. The van der Waals surface area contributed by atoms with Crippen LogP contribution in [0.3, 0.4) is 0 Å². The van der Waals surface area contributed by atoms with E-state index in [4.69, 9.17) is 4.74 Å². The molecule has 0 aliphatic rings. The Hall–Kier alpha value is -4.02. The van der Waals surface area contributed by atoms with Gasteiger partial charge in [0.05, 0.1) is 22.2 Å². The van der Waals surface area contributed by atoms with Gasteiger partial charge in [0.2, 0.25) is 5.88 Å². The number of anilines is 1. The van der Waals surface area contributed by atoms with Gasteiger partial charge in [-0.2, -0.15) is 13.2 Å². The molecule has 0 saturated heterocycles. The largest absolute Gasteiger partial charge is 0.438 e. The lowest BCUT2D eigenvalue weighted by Crippen LogP contribution is -2.16. The van der Waals surface area contributed by atoms with Crippen LogP contribution >= 0.6 is 0 Å². The molecule has 188 valence electrons. The Morgan fingerprint density at radius 2 is 1.67 bits per heavy atom. The van der Waals surface area contributed by atoms with Crippen molar-refractivity contribution >= 4 is 16.6 Å². The summed E-state index contributed by atoms with van der Waals surface area (Å²) in [5, 5.41) is 0.308. The zero-order valence-corrected chi connectivity index (χ0v) is 19.4. The molecule has 0 unspecified atom stereocenters. The summed E-state index contributed by atoms with van der Waals surface area (Å²) in [4.78, 5) is 21.1. The summed E-state index contributed by atoms with van der Waals surface area (Å²) in [6, 6.07) is 7.80. The van der Waals surface area contributed by atoms with Gasteiger partial charge in [-0.05, 0) is 38.1 Å². The number of hydrogen-bond donors (Lipinski definition) is 1. The molecule has 0 fully saturated rings. The molecule has 4 rings (SSSR count). The van der Waals surface area contributed by atoms with E-state index < -0.39 is 46.2 Å². The summed E-state index contributed by atoms with van der Waals surface area (Å²) in [5.41, 5.74) is -2.61. The fourth-order valence-corrected chi connectivity index (χ4v) is 3.88. The molecular weight excluding hydrogens is 488 g/mol. The van der Waals surface area contributed by atoms with Gasteiger partial charge in [0, 0.05) is 37.0 Å². The Morgan fingerprint density at radius 1 is 0.972 bits per heavy atom. The summed E-state index contributed by atoms with van der Waals surface area (Å²) in [7, 11) is 3.47. The van der Waals surface area contributed by atoms with E-state index in [0.717, 1.165) is 32.0 Å². The van der Waals surface area contributed by atoms with Gasteiger partial charge < -0.3 is 14.6 Å². The smallest absolute Gasteiger partial charge is 0.436 e. The van der Waals surface area contributed by atoms with Gasteiger partial charge in [-0.3, -0.25) is 4.79 Å². The maximum absolute atomic E-state index is 14.9. The van der Waals surface area contributed by atoms with Crippen LogP contribution in [0.5, 0.6) is 11.6 Å². The number of benzene rings is 2. The number of ether oxygens (including phenoxy) is 1. The SMILES string of the molecule is Cc1c(Oc2nc(C(F)(F)F)c(F)c(C)c2-c2cc(=O)c3c(N(C)C)cccc3[nH]2)ccc(F)c1F. The fraction of sp³-hybridized carbons (Fsp3) is 0.200. The van der Waals surface area contributed by atoms with Gasteiger partial charge in [-0.25, -0.2) is 18.2 Å². The standard InChI is InChI=1S/C25H19F6N3O2/c1-11-18(9-8-13(26)21(11)27)36-24-19(12(2)22(28)23(33-24)25(29,30)31)15-10-17(35)20-14(32-15)6-5-7-16(20)34(3)4/h5-10H,1-4H3,(H,32,35). The third-order valence-corrected chi connectivity index (χ3v) is 5.69. The number of alkyl halides is 3. The summed E-state index contributed by atoms with van der Waals surface area (Å²) in [6.45, 7) is 2.24. The number of pyridine rings is 2. The Morgan fingerprint density at radius 3 is 2.31 bits per heavy atom. The molecule has 0 spiro atoms. The first-order valence-electron chi connectivity index (χ1n) is 10.5. The minimum Gasteiger partial charge on any atom is -0.438 e. The number of fused-ring (bicyclic) bond motifs is 1. The first-order valence-corrected chi connectivity index (χ1v) is 10.5. The van der Waals surface area contributed by atoms with Crippen molar-refractivity contribution in [3.05, 3.63) is 80.9 Å². The van der Waals surface area contributed by atoms with Crippen molar-refractivity contribution in [1.82, 2.24) is 9.97 Å². The minimum atomic E-state index is -5.17. The van der Waals surface area contributed by atoms with E-state index in [9.17, 15) is 31.1 Å². The van der Waals surface area contributed by atoms with Crippen LogP contribution in [0.25, 0.3) is 22.2 Å². The van der Waals surface area contributed by atoms with Crippen LogP contribution in [0, 0.1) is 31.3 Å². The van der Waals surface area contributed by atoms with Crippen molar-refractivity contribution in [3.8, 4) is 22.9 Å². The van der Waals surface area contributed by atoms with Crippen LogP contribution < -0.4 is 15.1 Å². The number of rotatable bonds is 4. The van der Waals surface area contributed by atoms with Crippen LogP contribution in [0.2, 0.25) is 0 Å². The quantitative estimate of drug-likeness (QED) is 0.321. The van der Waals surface area contributed by atoms with Crippen LogP contribution in [0.4, 0.5) is 32.0 Å². The predicted octanol–water partition coefficient (Wildman–Crippen LogP) is 6.50. The number of nitrogens with one attached hydrogen (secondary N) is 1. The van der Waals surface area contributed by atoms with Gasteiger partial charge in [0.15, 0.2) is 28.6 Å². The second-order valence-corrected chi connectivity index (χ2v) is 8.31. The van der Waals surface area contributed by atoms with Crippen molar-refractivity contribution in [2.45, 2.75) is 20.0 Å². The average Bonchev–Trinajstić information content (AvgIpc) is 2.80. The number of aromatic amines is 1. The number of H-pyrrole nitrogens is 1. The first-order chi connectivity index (χ1) is 16.8. The van der Waals surface area contributed by atoms with Gasteiger partial charge in [0.25, 0.3) is 0 Å². The molecule has 36 heavy (non-hydrogen) atoms. The molecule has 0 radical (unpaired) electrons. The topological polar surface area (TPSA) is 58.2 Å². The minimum absolute atomic E-state index is 0.0729. The predicted molar refractivity (Wildman–Crippen MR) is 123 cm³/mol. The van der Waals surface area contributed by atoms with Gasteiger partial charge in [-0.1, -0.05) is 6.07 Å². The van der Waals surface area contributed by atoms with Crippen molar-refractivity contribution in [2.75, 3.05) is 19.0 Å². The number of aromatic nitrogens is 2. The third kappa shape index (κ3) is 4.25. The lowest BCUT2D eigenvalue weighted by molar-refractivity contribution is -0.144. The van der Waals surface area contributed by atoms with Crippen molar-refractivity contribution < 1.29 is 31.1 Å². The molecule has 0 saturated carbocycles. The molecule has 2 heterocycles. The van der Waals surface area contributed by atoms with Gasteiger partial charge in [-0.15, -0.1) is 0 Å². The summed E-state index contributed by atoms with van der Waals surface area (Å²) >= 11 is 0. The lowest BCUT2D eigenvalue weighted by Gasteiger charge is -2.19. The zero-order valence-electron chi connectivity index (χ0n) is 19.4. The van der Waals surface area contributed by atoms with Crippen molar-refractivity contribution in [3.63, 3.8) is 0 Å². The Bertz CT molecular complexity index is 1560. The molecule has 4 aromatic rings. The second-order valence-electron chi connectivity index (χ2n) is 8.31. The highest BCUT2D eigenvalue weighted by Crippen LogP contribution is 2.41. The van der Waals surface area contributed by atoms with Gasteiger partial charge in [0.1, 0.15) is 5.75 Å². The lowest BCUT2D eigenvalue weighted by atomic mass is 10.0. The molecule has 0 bridgehead atoms.